The van der Waals surface area contributed by atoms with Crippen LogP contribution in [0.15, 0.2) is 218 Å². The Bertz CT molecular complexity index is 3890. The van der Waals surface area contributed by atoms with Crippen LogP contribution in [0.4, 0.5) is 0 Å². The summed E-state index contributed by atoms with van der Waals surface area (Å²) in [6, 6.07) is 76.3. The fourth-order valence-electron chi connectivity index (χ4n) is 11.1. The first-order chi connectivity index (χ1) is 38.2. The summed E-state index contributed by atoms with van der Waals surface area (Å²) in [6.45, 7) is 13.4. The Hall–Kier alpha value is -9.60. The van der Waals surface area contributed by atoms with Crippen molar-refractivity contribution < 1.29 is 0 Å². The number of nitrogens with zero attached hydrogens (tertiary/aromatic N) is 9. The van der Waals surface area contributed by atoms with Crippen molar-refractivity contribution >= 4 is 33.1 Å². The van der Waals surface area contributed by atoms with Gasteiger partial charge in [0.15, 0.2) is 17.5 Å². The summed E-state index contributed by atoms with van der Waals surface area (Å²) in [5, 5.41) is 0. The second kappa shape index (κ2) is 19.8. The average Bonchev–Trinajstić information content (AvgIpc) is 4.36. The second-order valence-corrected chi connectivity index (χ2v) is 21.0. The summed E-state index contributed by atoms with van der Waals surface area (Å²) in [6.07, 6.45) is 0. The third kappa shape index (κ3) is 8.54. The van der Waals surface area contributed by atoms with E-state index >= 15 is 0 Å². The highest BCUT2D eigenvalue weighted by atomic mass is 15.1. The van der Waals surface area contributed by atoms with E-state index in [1.54, 1.807) is 0 Å². The maximum atomic E-state index is 5.26. The van der Waals surface area contributed by atoms with Gasteiger partial charge >= 0.3 is 0 Å². The zero-order valence-corrected chi connectivity index (χ0v) is 44.5. The highest BCUT2D eigenvalue weighted by Crippen LogP contribution is 2.38. The minimum absolute atomic E-state index is 0.322. The molecule has 9 aromatic carbocycles. The first-order valence-corrected chi connectivity index (χ1v) is 27.0. The standard InChI is InChI=1S/C69H57N9/c1-43(2)52-19-7-10-22-55(52)67-70-58-25-13-16-28-61(58)76(67)49-37-31-46(32-38-49)64-73-65(47-33-39-50(40-34-47)77-62-29-17-14-26-59(62)71-68(77)56-23-11-8-20-53(56)44(3)4)75-66(74-64)48-35-41-51(42-36-48)78-63-30-18-15-27-60(63)72-69(78)57-24-12-9-21-54(57)45(5)6/h7-45H,1-6H3. The van der Waals surface area contributed by atoms with Gasteiger partial charge in [0.25, 0.3) is 0 Å². The molecule has 0 amide bonds. The molecule has 0 saturated heterocycles. The summed E-state index contributed by atoms with van der Waals surface area (Å²) < 4.78 is 6.79. The molecule has 378 valence electrons. The van der Waals surface area contributed by atoms with Gasteiger partial charge in [0.1, 0.15) is 17.5 Å². The van der Waals surface area contributed by atoms with E-state index in [4.69, 9.17) is 29.9 Å². The molecule has 0 aliphatic carbocycles. The van der Waals surface area contributed by atoms with Gasteiger partial charge in [-0.05, 0) is 144 Å². The van der Waals surface area contributed by atoms with Crippen LogP contribution in [-0.2, 0) is 0 Å². The Balaban J connectivity index is 0.935. The fraction of sp³-hybridized carbons (Fsp3) is 0.130. The van der Waals surface area contributed by atoms with Gasteiger partial charge < -0.3 is 0 Å². The predicted molar refractivity (Wildman–Crippen MR) is 319 cm³/mol. The molecule has 13 aromatic rings. The maximum absolute atomic E-state index is 5.26. The lowest BCUT2D eigenvalue weighted by Crippen LogP contribution is -2.03. The van der Waals surface area contributed by atoms with Crippen LogP contribution in [0.3, 0.4) is 0 Å². The molecular formula is C69H57N9. The third-order valence-corrected chi connectivity index (χ3v) is 14.9. The van der Waals surface area contributed by atoms with E-state index in [-0.39, 0.29) is 0 Å². The van der Waals surface area contributed by atoms with Gasteiger partial charge in [0.05, 0.1) is 33.1 Å². The monoisotopic (exact) mass is 1010 g/mol. The number of imidazole rings is 3. The molecule has 9 nitrogen and oxygen atoms in total. The largest absolute Gasteiger partial charge is 0.292 e. The molecule has 0 atom stereocenters. The van der Waals surface area contributed by atoms with Crippen LogP contribution in [0.1, 0.15) is 76.0 Å². The molecule has 4 aromatic heterocycles. The Morgan fingerprint density at radius 3 is 0.769 bits per heavy atom. The number of benzene rings is 9. The number of hydrogen-bond acceptors (Lipinski definition) is 6. The van der Waals surface area contributed by atoms with Gasteiger partial charge in [0.2, 0.25) is 0 Å². The van der Waals surface area contributed by atoms with Crippen LogP contribution in [0, 0.1) is 0 Å². The number of para-hydroxylation sites is 6. The van der Waals surface area contributed by atoms with E-state index in [0.29, 0.717) is 35.2 Å². The second-order valence-electron chi connectivity index (χ2n) is 21.0. The lowest BCUT2D eigenvalue weighted by atomic mass is 9.97. The zero-order valence-electron chi connectivity index (χ0n) is 44.5. The lowest BCUT2D eigenvalue weighted by Gasteiger charge is -2.16. The number of fused-ring (bicyclic) bond motifs is 3. The maximum Gasteiger partial charge on any atom is 0.164 e. The Labute approximate surface area is 454 Å². The van der Waals surface area contributed by atoms with Crippen molar-refractivity contribution in [3.63, 3.8) is 0 Å². The van der Waals surface area contributed by atoms with Gasteiger partial charge in [-0.1, -0.05) is 151 Å². The normalized spacial score (nSPS) is 11.8. The molecule has 13 rings (SSSR count). The van der Waals surface area contributed by atoms with Crippen LogP contribution < -0.4 is 0 Å². The van der Waals surface area contributed by atoms with Crippen LogP contribution in [0.2, 0.25) is 0 Å². The number of hydrogen-bond donors (Lipinski definition) is 0. The molecule has 0 saturated carbocycles. The summed E-state index contributed by atoms with van der Waals surface area (Å²) in [4.78, 5) is 31.5. The molecule has 0 unspecified atom stereocenters. The number of aromatic nitrogens is 9. The predicted octanol–water partition coefficient (Wildman–Crippen LogP) is 17.3. The molecular weight excluding hydrogens is 955 g/mol. The Morgan fingerprint density at radius 2 is 0.500 bits per heavy atom. The first kappa shape index (κ1) is 48.1. The van der Waals surface area contributed by atoms with E-state index in [9.17, 15) is 0 Å². The van der Waals surface area contributed by atoms with E-state index < -0.39 is 0 Å². The molecule has 0 spiro atoms. The summed E-state index contributed by atoms with van der Waals surface area (Å²) in [5.41, 5.74) is 18.6. The summed E-state index contributed by atoms with van der Waals surface area (Å²) in [7, 11) is 0. The SMILES string of the molecule is CC(C)c1ccccc1-c1nc2ccccc2n1-c1ccc(-c2nc(-c3ccc(-n4c(-c5ccccc5C(C)C)nc5ccccc54)cc3)nc(-c3ccc(-n4c(-c5ccccc5C(C)C)nc5ccccc54)cc3)n2)cc1. The van der Waals surface area contributed by atoms with Crippen molar-refractivity contribution in [3.8, 4) is 85.4 Å². The van der Waals surface area contributed by atoms with Crippen LogP contribution >= 0.6 is 0 Å². The van der Waals surface area contributed by atoms with Crippen LogP contribution in [0.5, 0.6) is 0 Å². The van der Waals surface area contributed by atoms with Gasteiger partial charge in [-0.2, -0.15) is 0 Å². The van der Waals surface area contributed by atoms with Gasteiger partial charge in [0, 0.05) is 50.4 Å². The van der Waals surface area contributed by atoms with Gasteiger partial charge in [-0.25, -0.2) is 29.9 Å². The molecule has 9 heteroatoms. The third-order valence-electron chi connectivity index (χ3n) is 14.9. The van der Waals surface area contributed by atoms with E-state index in [1.165, 1.54) is 16.7 Å². The van der Waals surface area contributed by atoms with Crippen LogP contribution in [-0.4, -0.2) is 43.6 Å². The molecule has 0 radical (unpaired) electrons. The van der Waals surface area contributed by atoms with Crippen molar-refractivity contribution in [2.75, 3.05) is 0 Å². The highest BCUT2D eigenvalue weighted by Gasteiger charge is 2.23. The first-order valence-electron chi connectivity index (χ1n) is 27.0. The highest BCUT2D eigenvalue weighted by molar-refractivity contribution is 5.87. The minimum atomic E-state index is 0.322. The Morgan fingerprint density at radius 1 is 0.256 bits per heavy atom. The summed E-state index contributed by atoms with van der Waals surface area (Å²) >= 11 is 0. The van der Waals surface area contributed by atoms with Gasteiger partial charge in [-0.15, -0.1) is 0 Å². The van der Waals surface area contributed by atoms with Gasteiger partial charge in [-0.3, -0.25) is 13.7 Å². The average molecular weight is 1010 g/mol. The lowest BCUT2D eigenvalue weighted by molar-refractivity contribution is 0.865. The summed E-state index contributed by atoms with van der Waals surface area (Å²) in [5.74, 6) is 5.39. The van der Waals surface area contributed by atoms with Crippen molar-refractivity contribution in [3.05, 3.63) is 235 Å². The molecule has 78 heavy (non-hydrogen) atoms. The van der Waals surface area contributed by atoms with Crippen molar-refractivity contribution in [1.29, 1.82) is 0 Å². The van der Waals surface area contributed by atoms with E-state index in [1.807, 2.05) is 18.2 Å². The minimum Gasteiger partial charge on any atom is -0.292 e. The van der Waals surface area contributed by atoms with E-state index in [2.05, 4.69) is 255 Å². The smallest absolute Gasteiger partial charge is 0.164 e. The molecule has 0 fully saturated rings. The van der Waals surface area contributed by atoms with Crippen molar-refractivity contribution in [2.45, 2.75) is 59.3 Å². The topological polar surface area (TPSA) is 92.1 Å². The molecule has 0 bridgehead atoms. The fourth-order valence-corrected chi connectivity index (χ4v) is 11.1. The Kier molecular flexibility index (Phi) is 12.2. The van der Waals surface area contributed by atoms with Crippen molar-refractivity contribution in [1.82, 2.24) is 43.6 Å². The van der Waals surface area contributed by atoms with Crippen molar-refractivity contribution in [2.24, 2.45) is 0 Å². The molecule has 0 aliphatic rings. The molecule has 0 N–H and O–H groups in total. The number of rotatable bonds is 12. The van der Waals surface area contributed by atoms with E-state index in [0.717, 1.165) is 101 Å². The molecule has 0 aliphatic heterocycles. The van der Waals surface area contributed by atoms with Crippen LogP contribution in [0.25, 0.3) is 118 Å². The quantitative estimate of drug-likeness (QED) is 0.121. The molecule has 4 heterocycles. The zero-order chi connectivity index (χ0) is 53.0.